The van der Waals surface area contributed by atoms with Gasteiger partial charge in [-0.05, 0) is 63.1 Å². The molecule has 1 amide bonds. The molecule has 1 N–H and O–H groups in total. The molecular weight excluding hydrogens is 452 g/mol. The molecule has 2 heterocycles. The van der Waals surface area contributed by atoms with Gasteiger partial charge in [-0.15, -0.1) is 5.10 Å². The summed E-state index contributed by atoms with van der Waals surface area (Å²) >= 11 is 5.85. The first-order chi connectivity index (χ1) is 15.2. The lowest BCUT2D eigenvalue weighted by Crippen LogP contribution is -2.41. The fourth-order valence-electron chi connectivity index (χ4n) is 3.81. The van der Waals surface area contributed by atoms with Gasteiger partial charge in [-0.2, -0.15) is 4.31 Å². The molecule has 168 valence electrons. The smallest absolute Gasteiger partial charge is 0.322 e. The number of carbonyl (C=O) groups excluding carboxylic acids is 1. The van der Waals surface area contributed by atoms with Crippen molar-refractivity contribution in [3.05, 3.63) is 58.6 Å². The quantitative estimate of drug-likeness (QED) is 0.598. The second-order valence-electron chi connectivity index (χ2n) is 7.91. The Balaban J connectivity index is 1.37. The van der Waals surface area contributed by atoms with Gasteiger partial charge in [0.15, 0.2) is 0 Å². The summed E-state index contributed by atoms with van der Waals surface area (Å²) in [5.41, 5.74) is 2.93. The van der Waals surface area contributed by atoms with Gasteiger partial charge in [-0.3, -0.25) is 10.1 Å². The van der Waals surface area contributed by atoms with E-state index in [0.717, 1.165) is 16.7 Å². The summed E-state index contributed by atoms with van der Waals surface area (Å²) in [4.78, 5) is 12.9. The predicted octanol–water partition coefficient (Wildman–Crippen LogP) is 4.05. The van der Waals surface area contributed by atoms with E-state index in [4.69, 9.17) is 16.0 Å². The molecule has 1 saturated heterocycles. The molecule has 2 aromatic carbocycles. The molecule has 1 aromatic heterocycles. The van der Waals surface area contributed by atoms with Gasteiger partial charge in [0.2, 0.25) is 21.8 Å². The van der Waals surface area contributed by atoms with Crippen LogP contribution in [0.15, 0.2) is 51.8 Å². The van der Waals surface area contributed by atoms with Gasteiger partial charge in [-0.25, -0.2) is 8.42 Å². The number of piperidine rings is 1. The molecule has 4 rings (SSSR count). The van der Waals surface area contributed by atoms with Crippen LogP contribution in [0.2, 0.25) is 5.02 Å². The largest absolute Gasteiger partial charge is 0.403 e. The maximum absolute atomic E-state index is 12.8. The molecule has 0 saturated carbocycles. The summed E-state index contributed by atoms with van der Waals surface area (Å²) in [6.45, 7) is 4.46. The van der Waals surface area contributed by atoms with Crippen molar-refractivity contribution in [2.45, 2.75) is 31.6 Å². The topological polar surface area (TPSA) is 105 Å². The van der Waals surface area contributed by atoms with Gasteiger partial charge in [0.1, 0.15) is 0 Å². The maximum Gasteiger partial charge on any atom is 0.322 e. The minimum atomic E-state index is -3.62. The van der Waals surface area contributed by atoms with E-state index in [9.17, 15) is 13.2 Å². The van der Waals surface area contributed by atoms with Crippen LogP contribution in [0.25, 0.3) is 11.5 Å². The second kappa shape index (κ2) is 9.01. The Morgan fingerprint density at radius 2 is 1.69 bits per heavy atom. The van der Waals surface area contributed by atoms with Crippen LogP contribution in [-0.4, -0.2) is 41.9 Å². The highest BCUT2D eigenvalue weighted by Crippen LogP contribution is 2.27. The standard InChI is InChI=1S/C22H23ClN4O4S/c1-14-11-15(2)13-17(12-14)21-25-26-22(31-21)24-20(28)16-7-9-27(10-8-16)32(29,30)19-5-3-18(23)4-6-19/h3-6,11-13,16H,7-10H2,1-2H3,(H,24,26,28). The van der Waals surface area contributed by atoms with E-state index in [1.54, 1.807) is 12.1 Å². The van der Waals surface area contributed by atoms with Crippen LogP contribution in [0.1, 0.15) is 24.0 Å². The third-order valence-corrected chi connectivity index (χ3v) is 7.56. The zero-order valence-corrected chi connectivity index (χ0v) is 19.3. The molecule has 0 aliphatic carbocycles. The average Bonchev–Trinajstić information content (AvgIpc) is 3.22. The second-order valence-corrected chi connectivity index (χ2v) is 10.3. The molecule has 0 unspecified atom stereocenters. The maximum atomic E-state index is 12.8. The van der Waals surface area contributed by atoms with E-state index in [0.29, 0.717) is 23.8 Å². The first-order valence-corrected chi connectivity index (χ1v) is 12.0. The van der Waals surface area contributed by atoms with Gasteiger partial charge in [0.05, 0.1) is 4.90 Å². The number of nitrogens with zero attached hydrogens (tertiary/aromatic N) is 3. The lowest BCUT2D eigenvalue weighted by molar-refractivity contribution is -0.121. The van der Waals surface area contributed by atoms with Gasteiger partial charge in [0.25, 0.3) is 0 Å². The lowest BCUT2D eigenvalue weighted by Gasteiger charge is -2.30. The minimum Gasteiger partial charge on any atom is -0.403 e. The number of hydrogen-bond donors (Lipinski definition) is 1. The van der Waals surface area contributed by atoms with E-state index in [-0.39, 0.29) is 35.8 Å². The number of carbonyl (C=O) groups is 1. The van der Waals surface area contributed by atoms with Crippen LogP contribution in [0, 0.1) is 19.8 Å². The lowest BCUT2D eigenvalue weighted by atomic mass is 9.97. The zero-order valence-electron chi connectivity index (χ0n) is 17.7. The third-order valence-electron chi connectivity index (χ3n) is 5.40. The number of aryl methyl sites for hydroxylation is 2. The monoisotopic (exact) mass is 474 g/mol. The number of anilines is 1. The number of rotatable bonds is 5. The van der Waals surface area contributed by atoms with Crippen molar-refractivity contribution >= 4 is 33.5 Å². The Labute approximate surface area is 191 Å². The summed E-state index contributed by atoms with van der Waals surface area (Å²) < 4.78 is 32.6. The van der Waals surface area contributed by atoms with Crippen LogP contribution in [-0.2, 0) is 14.8 Å². The Bertz CT molecular complexity index is 1210. The molecule has 10 heteroatoms. The number of benzene rings is 2. The van der Waals surface area contributed by atoms with Gasteiger partial charge < -0.3 is 4.42 Å². The molecule has 1 aliphatic rings. The third kappa shape index (κ3) is 4.85. The molecular formula is C22H23ClN4O4S. The molecule has 32 heavy (non-hydrogen) atoms. The summed E-state index contributed by atoms with van der Waals surface area (Å²) in [5.74, 6) is -0.275. The van der Waals surface area contributed by atoms with Crippen LogP contribution in [0.3, 0.4) is 0 Å². The van der Waals surface area contributed by atoms with E-state index in [1.807, 2.05) is 32.0 Å². The minimum absolute atomic E-state index is 0.0281. The SMILES string of the molecule is Cc1cc(C)cc(-c2nnc(NC(=O)C3CCN(S(=O)(=O)c4ccc(Cl)cc4)CC3)o2)c1. The Morgan fingerprint density at radius 3 is 2.31 bits per heavy atom. The average molecular weight is 475 g/mol. The van der Waals surface area contributed by atoms with Crippen molar-refractivity contribution in [1.82, 2.24) is 14.5 Å². The van der Waals surface area contributed by atoms with Crippen LogP contribution >= 0.6 is 11.6 Å². The van der Waals surface area contributed by atoms with Gasteiger partial charge in [0, 0.05) is 29.6 Å². The highest BCUT2D eigenvalue weighted by atomic mass is 35.5. The fourth-order valence-corrected chi connectivity index (χ4v) is 5.41. The zero-order chi connectivity index (χ0) is 22.9. The van der Waals surface area contributed by atoms with Crippen LogP contribution in [0.5, 0.6) is 0 Å². The van der Waals surface area contributed by atoms with Crippen molar-refractivity contribution in [1.29, 1.82) is 0 Å². The Morgan fingerprint density at radius 1 is 1.06 bits per heavy atom. The summed E-state index contributed by atoms with van der Waals surface area (Å²) in [6.07, 6.45) is 0.799. The Hall–Kier alpha value is -2.75. The number of sulfonamides is 1. The first kappa shape index (κ1) is 22.4. The van der Waals surface area contributed by atoms with Crippen molar-refractivity contribution in [3.63, 3.8) is 0 Å². The van der Waals surface area contributed by atoms with Crippen LogP contribution in [0.4, 0.5) is 6.01 Å². The van der Waals surface area contributed by atoms with E-state index in [1.165, 1.54) is 16.4 Å². The Kier molecular flexibility index (Phi) is 6.32. The molecule has 8 nitrogen and oxygen atoms in total. The van der Waals surface area contributed by atoms with Crippen molar-refractivity contribution < 1.29 is 17.6 Å². The number of halogens is 1. The summed E-state index contributed by atoms with van der Waals surface area (Å²) in [5, 5.41) is 11.1. The number of hydrogen-bond acceptors (Lipinski definition) is 6. The molecule has 1 aliphatic heterocycles. The first-order valence-electron chi connectivity index (χ1n) is 10.2. The molecule has 1 fully saturated rings. The van der Waals surface area contributed by atoms with Crippen molar-refractivity contribution in [2.24, 2.45) is 5.92 Å². The number of aromatic nitrogens is 2. The normalized spacial score (nSPS) is 15.6. The molecule has 0 spiro atoms. The van der Waals surface area contributed by atoms with E-state index < -0.39 is 10.0 Å². The van der Waals surface area contributed by atoms with E-state index in [2.05, 4.69) is 15.5 Å². The fraction of sp³-hybridized carbons (Fsp3) is 0.318. The van der Waals surface area contributed by atoms with Crippen molar-refractivity contribution in [2.75, 3.05) is 18.4 Å². The highest BCUT2D eigenvalue weighted by Gasteiger charge is 2.32. The molecule has 0 radical (unpaired) electrons. The highest BCUT2D eigenvalue weighted by molar-refractivity contribution is 7.89. The van der Waals surface area contributed by atoms with Gasteiger partial charge >= 0.3 is 6.01 Å². The van der Waals surface area contributed by atoms with Gasteiger partial charge in [-0.1, -0.05) is 33.9 Å². The number of amides is 1. The van der Waals surface area contributed by atoms with Crippen LogP contribution < -0.4 is 5.32 Å². The summed E-state index contributed by atoms with van der Waals surface area (Å²) in [6, 6.07) is 12.0. The van der Waals surface area contributed by atoms with Crippen molar-refractivity contribution in [3.8, 4) is 11.5 Å². The van der Waals surface area contributed by atoms with E-state index >= 15 is 0 Å². The molecule has 0 atom stereocenters. The summed E-state index contributed by atoms with van der Waals surface area (Å²) in [7, 11) is -3.62. The number of nitrogens with one attached hydrogen (secondary N) is 1. The predicted molar refractivity (Wildman–Crippen MR) is 121 cm³/mol. The molecule has 3 aromatic rings. The molecule has 0 bridgehead atoms.